The van der Waals surface area contributed by atoms with Crippen LogP contribution in [0.2, 0.25) is 0 Å². The van der Waals surface area contributed by atoms with Gasteiger partial charge in [0.1, 0.15) is 0 Å². The Morgan fingerprint density at radius 2 is 2.50 bits per heavy atom. The minimum absolute atomic E-state index is 0.0143. The molecule has 2 atom stereocenters. The molecule has 1 aliphatic heterocycles. The molecule has 0 bridgehead atoms. The molecule has 1 aliphatic rings. The van der Waals surface area contributed by atoms with Crippen molar-refractivity contribution in [3.63, 3.8) is 0 Å². The van der Waals surface area contributed by atoms with Crippen LogP contribution in [0.4, 0.5) is 0 Å². The summed E-state index contributed by atoms with van der Waals surface area (Å²) >= 11 is 0. The molecule has 1 aromatic heterocycles. The first-order valence-corrected chi connectivity index (χ1v) is 5.33. The Morgan fingerprint density at radius 3 is 3.12 bits per heavy atom. The number of morpholine rings is 1. The Morgan fingerprint density at radius 1 is 1.62 bits per heavy atom. The van der Waals surface area contributed by atoms with E-state index < -0.39 is 0 Å². The molecule has 1 aromatic rings. The van der Waals surface area contributed by atoms with Crippen molar-refractivity contribution in [2.45, 2.75) is 12.1 Å². The number of hydrazine groups is 1. The number of nitrogens with zero attached hydrogens (tertiary/aromatic N) is 3. The zero-order chi connectivity index (χ0) is 11.4. The number of hydrogen-bond donors (Lipinski definition) is 2. The Hall–Kier alpha value is -1.08. The number of likely N-dealkylation sites (N-methyl/N-ethyl adjacent to an activating group) is 1. The van der Waals surface area contributed by atoms with Crippen LogP contribution in [-0.2, 0) is 4.74 Å². The maximum absolute atomic E-state index is 5.70. The van der Waals surface area contributed by atoms with Crippen molar-refractivity contribution in [2.75, 3.05) is 26.7 Å². The molecule has 2 rings (SSSR count). The van der Waals surface area contributed by atoms with Crippen LogP contribution in [0.5, 0.6) is 0 Å². The lowest BCUT2D eigenvalue weighted by atomic mass is 10.1. The third kappa shape index (κ3) is 2.53. The first kappa shape index (κ1) is 11.4. The van der Waals surface area contributed by atoms with Crippen molar-refractivity contribution in [3.05, 3.63) is 24.3 Å². The minimum atomic E-state index is -0.114. The van der Waals surface area contributed by atoms with E-state index in [4.69, 9.17) is 10.6 Å². The summed E-state index contributed by atoms with van der Waals surface area (Å²) in [5, 5.41) is 0. The predicted octanol–water partition coefficient (Wildman–Crippen LogP) is -0.688. The van der Waals surface area contributed by atoms with Gasteiger partial charge in [0.2, 0.25) is 0 Å². The summed E-state index contributed by atoms with van der Waals surface area (Å²) in [5.74, 6) is 5.56. The Bertz CT molecular complexity index is 320. The van der Waals surface area contributed by atoms with Gasteiger partial charge in [0.15, 0.2) is 0 Å². The fourth-order valence-electron chi connectivity index (χ4n) is 1.87. The number of ether oxygens (including phenoxy) is 1. The molecule has 2 heterocycles. The summed E-state index contributed by atoms with van der Waals surface area (Å²) in [5.41, 5.74) is 3.56. The van der Waals surface area contributed by atoms with E-state index >= 15 is 0 Å². The van der Waals surface area contributed by atoms with E-state index in [1.165, 1.54) is 0 Å². The molecule has 0 aliphatic carbocycles. The fraction of sp³-hybridized carbons (Fsp3) is 0.600. The Balaban J connectivity index is 2.10. The van der Waals surface area contributed by atoms with Gasteiger partial charge in [-0.2, -0.15) is 0 Å². The standard InChI is InChI=1S/C10H17N5O/c1-15-4-5-16-9(7-15)10(14-11)8-6-12-2-3-13-8/h2-3,6,9-10,14H,4-5,7,11H2,1H3. The second-order valence-corrected chi connectivity index (χ2v) is 3.95. The monoisotopic (exact) mass is 223 g/mol. The summed E-state index contributed by atoms with van der Waals surface area (Å²) in [6, 6.07) is -0.114. The first-order chi connectivity index (χ1) is 7.81. The van der Waals surface area contributed by atoms with Gasteiger partial charge < -0.3 is 9.64 Å². The maximum atomic E-state index is 5.70. The van der Waals surface area contributed by atoms with E-state index in [-0.39, 0.29) is 12.1 Å². The van der Waals surface area contributed by atoms with Crippen molar-refractivity contribution in [2.24, 2.45) is 5.84 Å². The molecule has 2 unspecified atom stereocenters. The molecular weight excluding hydrogens is 206 g/mol. The van der Waals surface area contributed by atoms with Gasteiger partial charge >= 0.3 is 0 Å². The third-order valence-electron chi connectivity index (χ3n) is 2.75. The van der Waals surface area contributed by atoms with Gasteiger partial charge in [-0.05, 0) is 7.05 Å². The van der Waals surface area contributed by atoms with Crippen molar-refractivity contribution in [1.82, 2.24) is 20.3 Å². The van der Waals surface area contributed by atoms with Crippen molar-refractivity contribution in [3.8, 4) is 0 Å². The largest absolute Gasteiger partial charge is 0.373 e. The molecule has 0 radical (unpaired) electrons. The fourth-order valence-corrected chi connectivity index (χ4v) is 1.87. The van der Waals surface area contributed by atoms with Gasteiger partial charge in [-0.3, -0.25) is 15.8 Å². The summed E-state index contributed by atoms with van der Waals surface area (Å²) in [4.78, 5) is 10.5. The molecule has 0 saturated carbocycles. The van der Waals surface area contributed by atoms with Gasteiger partial charge in [-0.25, -0.2) is 5.43 Å². The molecule has 0 amide bonds. The lowest BCUT2D eigenvalue weighted by Crippen LogP contribution is -2.48. The normalized spacial score (nSPS) is 24.2. The van der Waals surface area contributed by atoms with Gasteiger partial charge in [-0.15, -0.1) is 0 Å². The Kier molecular flexibility index (Phi) is 3.79. The maximum Gasteiger partial charge on any atom is 0.0925 e. The van der Waals surface area contributed by atoms with Crippen LogP contribution in [0.3, 0.4) is 0 Å². The topological polar surface area (TPSA) is 76.3 Å². The quantitative estimate of drug-likeness (QED) is 0.522. The molecule has 6 heteroatoms. The second kappa shape index (κ2) is 5.31. The van der Waals surface area contributed by atoms with E-state index in [0.29, 0.717) is 0 Å². The minimum Gasteiger partial charge on any atom is -0.373 e. The molecule has 0 spiro atoms. The van der Waals surface area contributed by atoms with Crippen molar-refractivity contribution >= 4 is 0 Å². The molecule has 6 nitrogen and oxygen atoms in total. The highest BCUT2D eigenvalue weighted by atomic mass is 16.5. The molecule has 16 heavy (non-hydrogen) atoms. The van der Waals surface area contributed by atoms with Gasteiger partial charge in [0, 0.05) is 25.5 Å². The first-order valence-electron chi connectivity index (χ1n) is 5.33. The van der Waals surface area contributed by atoms with E-state index in [1.54, 1.807) is 18.6 Å². The second-order valence-electron chi connectivity index (χ2n) is 3.95. The zero-order valence-electron chi connectivity index (χ0n) is 9.34. The van der Waals surface area contributed by atoms with Crippen LogP contribution in [0.15, 0.2) is 18.6 Å². The number of nitrogens with one attached hydrogen (secondary N) is 1. The highest BCUT2D eigenvalue weighted by Crippen LogP contribution is 2.18. The molecule has 88 valence electrons. The molecule has 1 fully saturated rings. The molecule has 0 aromatic carbocycles. The van der Waals surface area contributed by atoms with Gasteiger partial charge in [0.05, 0.1) is 30.6 Å². The van der Waals surface area contributed by atoms with Crippen LogP contribution in [0.25, 0.3) is 0 Å². The highest BCUT2D eigenvalue weighted by molar-refractivity contribution is 5.05. The number of hydrogen-bond acceptors (Lipinski definition) is 6. The molecule has 3 N–H and O–H groups in total. The average Bonchev–Trinajstić information content (AvgIpc) is 2.31. The number of aromatic nitrogens is 2. The summed E-state index contributed by atoms with van der Waals surface area (Å²) in [6.45, 7) is 2.51. The van der Waals surface area contributed by atoms with E-state index in [1.807, 2.05) is 0 Å². The van der Waals surface area contributed by atoms with Crippen LogP contribution in [0, 0.1) is 0 Å². The Labute approximate surface area is 94.8 Å². The lowest BCUT2D eigenvalue weighted by molar-refractivity contribution is -0.0400. The molecule has 1 saturated heterocycles. The van der Waals surface area contributed by atoms with Gasteiger partial charge in [-0.1, -0.05) is 0 Å². The zero-order valence-corrected chi connectivity index (χ0v) is 9.34. The summed E-state index contributed by atoms with van der Waals surface area (Å²) in [6.07, 6.45) is 5.03. The van der Waals surface area contributed by atoms with Gasteiger partial charge in [0.25, 0.3) is 0 Å². The highest BCUT2D eigenvalue weighted by Gasteiger charge is 2.28. The SMILES string of the molecule is CN1CCOC(C(NN)c2cnccn2)C1. The number of rotatable bonds is 3. The smallest absolute Gasteiger partial charge is 0.0925 e. The third-order valence-corrected chi connectivity index (χ3v) is 2.75. The van der Waals surface area contributed by atoms with E-state index in [2.05, 4.69) is 27.3 Å². The van der Waals surface area contributed by atoms with Crippen LogP contribution >= 0.6 is 0 Å². The average molecular weight is 223 g/mol. The number of nitrogens with two attached hydrogens (primary N) is 1. The predicted molar refractivity (Wildman–Crippen MR) is 59.3 cm³/mol. The van der Waals surface area contributed by atoms with Crippen LogP contribution in [-0.4, -0.2) is 47.7 Å². The van der Waals surface area contributed by atoms with Crippen molar-refractivity contribution < 1.29 is 4.74 Å². The van der Waals surface area contributed by atoms with Crippen LogP contribution in [0.1, 0.15) is 11.7 Å². The summed E-state index contributed by atoms with van der Waals surface area (Å²) in [7, 11) is 2.07. The molecular formula is C10H17N5O. The van der Waals surface area contributed by atoms with Crippen molar-refractivity contribution in [1.29, 1.82) is 0 Å². The lowest BCUT2D eigenvalue weighted by Gasteiger charge is -2.34. The summed E-state index contributed by atoms with van der Waals surface area (Å²) < 4.78 is 5.70. The van der Waals surface area contributed by atoms with E-state index in [0.717, 1.165) is 25.4 Å². The van der Waals surface area contributed by atoms with Crippen LogP contribution < -0.4 is 11.3 Å². The van der Waals surface area contributed by atoms with E-state index in [9.17, 15) is 0 Å².